The van der Waals surface area contributed by atoms with Crippen LogP contribution in [0.4, 0.5) is 11.4 Å². The number of methoxy groups -OCH3 is 1. The molecule has 0 saturated carbocycles. The van der Waals surface area contributed by atoms with Gasteiger partial charge in [-0.25, -0.2) is 0 Å². The molecule has 2 N–H and O–H groups in total. The number of benzene rings is 2. The smallest absolute Gasteiger partial charge is 0.269 e. The molecule has 0 atom stereocenters. The lowest BCUT2D eigenvalue weighted by Gasteiger charge is -2.10. The maximum absolute atomic E-state index is 12.4. The normalized spacial score (nSPS) is 10.3. The molecule has 27 heavy (non-hydrogen) atoms. The van der Waals surface area contributed by atoms with Crippen LogP contribution in [0.15, 0.2) is 66.9 Å². The highest BCUT2D eigenvalue weighted by Gasteiger charge is 2.09. The number of carbonyl (C=O) groups excluding carboxylic acids is 1. The third-order valence-electron chi connectivity index (χ3n) is 4.17. The molecule has 138 valence electrons. The second-order valence-corrected chi connectivity index (χ2v) is 6.24. The number of aryl methyl sites for hydroxylation is 1. The maximum Gasteiger partial charge on any atom is 0.269 e. The third-order valence-corrected chi connectivity index (χ3v) is 4.17. The van der Waals surface area contributed by atoms with E-state index in [0.717, 1.165) is 22.7 Å². The molecular formula is C22H23N3O2. The van der Waals surface area contributed by atoms with E-state index in [-0.39, 0.29) is 5.91 Å². The summed E-state index contributed by atoms with van der Waals surface area (Å²) in [4.78, 5) is 16.6. The zero-order chi connectivity index (χ0) is 19.1. The fraction of sp³-hybridized carbons (Fsp3) is 0.182. The van der Waals surface area contributed by atoms with Crippen LogP contribution in [0.3, 0.4) is 0 Å². The van der Waals surface area contributed by atoms with Crippen molar-refractivity contribution in [3.05, 3.63) is 83.7 Å². The summed E-state index contributed by atoms with van der Waals surface area (Å²) < 4.78 is 5.33. The van der Waals surface area contributed by atoms with Gasteiger partial charge in [0.1, 0.15) is 11.4 Å². The highest BCUT2D eigenvalue weighted by atomic mass is 16.5. The van der Waals surface area contributed by atoms with Crippen molar-refractivity contribution in [2.45, 2.75) is 13.3 Å². The molecule has 2 aromatic carbocycles. The van der Waals surface area contributed by atoms with Crippen LogP contribution in [-0.4, -0.2) is 24.5 Å². The lowest BCUT2D eigenvalue weighted by atomic mass is 10.1. The molecular weight excluding hydrogens is 338 g/mol. The van der Waals surface area contributed by atoms with Crippen molar-refractivity contribution >= 4 is 17.3 Å². The Morgan fingerprint density at radius 1 is 1.04 bits per heavy atom. The lowest BCUT2D eigenvalue weighted by molar-refractivity contribution is 0.0949. The predicted molar refractivity (Wildman–Crippen MR) is 108 cm³/mol. The fourth-order valence-corrected chi connectivity index (χ4v) is 2.83. The van der Waals surface area contributed by atoms with Crippen LogP contribution in [0, 0.1) is 6.92 Å². The van der Waals surface area contributed by atoms with Gasteiger partial charge in [0.05, 0.1) is 7.11 Å². The van der Waals surface area contributed by atoms with Gasteiger partial charge in [0.25, 0.3) is 5.91 Å². The van der Waals surface area contributed by atoms with E-state index in [0.29, 0.717) is 18.7 Å². The van der Waals surface area contributed by atoms with Gasteiger partial charge in [-0.1, -0.05) is 30.3 Å². The summed E-state index contributed by atoms with van der Waals surface area (Å²) in [5.41, 5.74) is 4.41. The standard InChI is InChI=1S/C22H23N3O2/c1-16-6-5-8-18(14-16)25-19-11-13-23-20(15-19)22(26)24-12-10-17-7-3-4-9-21(17)27-2/h3-9,11,13-15H,10,12H2,1-2H3,(H,23,25)(H,24,26). The number of ether oxygens (including phenoxy) is 1. The van der Waals surface area contributed by atoms with Gasteiger partial charge in [0, 0.05) is 24.1 Å². The van der Waals surface area contributed by atoms with Crippen LogP contribution in [0.2, 0.25) is 0 Å². The molecule has 3 aromatic rings. The largest absolute Gasteiger partial charge is 0.496 e. The van der Waals surface area contributed by atoms with E-state index in [4.69, 9.17) is 4.74 Å². The monoisotopic (exact) mass is 361 g/mol. The van der Waals surface area contributed by atoms with Crippen LogP contribution in [0.1, 0.15) is 21.6 Å². The van der Waals surface area contributed by atoms with Crippen molar-refractivity contribution < 1.29 is 9.53 Å². The molecule has 5 nitrogen and oxygen atoms in total. The topological polar surface area (TPSA) is 63.2 Å². The number of amides is 1. The first-order valence-electron chi connectivity index (χ1n) is 8.85. The maximum atomic E-state index is 12.4. The summed E-state index contributed by atoms with van der Waals surface area (Å²) in [5, 5.41) is 6.21. The fourth-order valence-electron chi connectivity index (χ4n) is 2.83. The Hall–Kier alpha value is -3.34. The number of hydrogen-bond acceptors (Lipinski definition) is 4. The molecule has 0 bridgehead atoms. The summed E-state index contributed by atoms with van der Waals surface area (Å²) >= 11 is 0. The summed E-state index contributed by atoms with van der Waals surface area (Å²) in [6.45, 7) is 2.55. The van der Waals surface area contributed by atoms with Crippen LogP contribution in [0.25, 0.3) is 0 Å². The molecule has 1 heterocycles. The SMILES string of the molecule is COc1ccccc1CCNC(=O)c1cc(Nc2cccc(C)c2)ccn1. The van der Waals surface area contributed by atoms with E-state index in [1.165, 1.54) is 5.56 Å². The van der Waals surface area contributed by atoms with Crippen molar-refractivity contribution in [2.24, 2.45) is 0 Å². The van der Waals surface area contributed by atoms with Crippen LogP contribution in [0.5, 0.6) is 5.75 Å². The summed E-state index contributed by atoms with van der Waals surface area (Å²) in [6.07, 6.45) is 2.32. The van der Waals surface area contributed by atoms with Gasteiger partial charge in [-0.3, -0.25) is 9.78 Å². The van der Waals surface area contributed by atoms with Gasteiger partial charge in [-0.05, 0) is 54.8 Å². The molecule has 0 radical (unpaired) electrons. The second kappa shape index (κ2) is 8.85. The van der Waals surface area contributed by atoms with E-state index >= 15 is 0 Å². The summed E-state index contributed by atoms with van der Waals surface area (Å²) in [5.74, 6) is 0.631. The molecule has 5 heteroatoms. The number of pyridine rings is 1. The van der Waals surface area contributed by atoms with E-state index in [9.17, 15) is 4.79 Å². The second-order valence-electron chi connectivity index (χ2n) is 6.24. The molecule has 0 spiro atoms. The number of nitrogens with one attached hydrogen (secondary N) is 2. The molecule has 0 saturated heterocycles. The number of para-hydroxylation sites is 1. The zero-order valence-corrected chi connectivity index (χ0v) is 15.5. The Kier molecular flexibility index (Phi) is 6.05. The lowest BCUT2D eigenvalue weighted by Crippen LogP contribution is -2.26. The van der Waals surface area contributed by atoms with Crippen molar-refractivity contribution in [1.29, 1.82) is 0 Å². The minimum absolute atomic E-state index is 0.196. The summed E-state index contributed by atoms with van der Waals surface area (Å²) in [6, 6.07) is 19.5. The Labute approximate surface area is 159 Å². The van der Waals surface area contributed by atoms with E-state index in [1.807, 2.05) is 61.5 Å². The van der Waals surface area contributed by atoms with E-state index < -0.39 is 0 Å². The first-order chi connectivity index (χ1) is 13.2. The number of carbonyl (C=O) groups is 1. The predicted octanol–water partition coefficient (Wildman–Crippen LogP) is 4.11. The number of rotatable bonds is 7. The summed E-state index contributed by atoms with van der Waals surface area (Å²) in [7, 11) is 1.65. The molecule has 1 aromatic heterocycles. The van der Waals surface area contributed by atoms with Crippen molar-refractivity contribution in [1.82, 2.24) is 10.3 Å². The molecule has 0 aliphatic rings. The van der Waals surface area contributed by atoms with Crippen LogP contribution in [-0.2, 0) is 6.42 Å². The zero-order valence-electron chi connectivity index (χ0n) is 15.5. The number of nitrogens with zero attached hydrogens (tertiary/aromatic N) is 1. The van der Waals surface area contributed by atoms with Gasteiger partial charge >= 0.3 is 0 Å². The minimum atomic E-state index is -0.196. The van der Waals surface area contributed by atoms with Crippen LogP contribution >= 0.6 is 0 Å². The Balaban J connectivity index is 1.60. The third kappa shape index (κ3) is 5.07. The Morgan fingerprint density at radius 2 is 1.85 bits per heavy atom. The van der Waals surface area contributed by atoms with Crippen LogP contribution < -0.4 is 15.4 Å². The van der Waals surface area contributed by atoms with Gasteiger partial charge < -0.3 is 15.4 Å². The average molecular weight is 361 g/mol. The number of anilines is 2. The van der Waals surface area contributed by atoms with Gasteiger partial charge in [-0.15, -0.1) is 0 Å². The Morgan fingerprint density at radius 3 is 2.67 bits per heavy atom. The number of hydrogen-bond donors (Lipinski definition) is 2. The average Bonchev–Trinajstić information content (AvgIpc) is 2.68. The van der Waals surface area contributed by atoms with E-state index in [1.54, 1.807) is 19.4 Å². The van der Waals surface area contributed by atoms with E-state index in [2.05, 4.69) is 15.6 Å². The molecule has 0 aliphatic heterocycles. The Bertz CT molecular complexity index is 925. The molecule has 0 unspecified atom stereocenters. The minimum Gasteiger partial charge on any atom is -0.496 e. The first-order valence-corrected chi connectivity index (χ1v) is 8.85. The highest BCUT2D eigenvalue weighted by Crippen LogP contribution is 2.18. The molecule has 3 rings (SSSR count). The first kappa shape index (κ1) is 18.5. The molecule has 0 aliphatic carbocycles. The van der Waals surface area contributed by atoms with Crippen molar-refractivity contribution in [3.63, 3.8) is 0 Å². The van der Waals surface area contributed by atoms with Gasteiger partial charge in [0.15, 0.2) is 0 Å². The number of aromatic nitrogens is 1. The van der Waals surface area contributed by atoms with Gasteiger partial charge in [0.2, 0.25) is 0 Å². The van der Waals surface area contributed by atoms with Crippen molar-refractivity contribution in [2.75, 3.05) is 19.0 Å². The quantitative estimate of drug-likeness (QED) is 0.665. The molecule has 1 amide bonds. The van der Waals surface area contributed by atoms with Gasteiger partial charge in [-0.2, -0.15) is 0 Å². The van der Waals surface area contributed by atoms with Crippen molar-refractivity contribution in [3.8, 4) is 5.75 Å². The molecule has 0 fully saturated rings. The highest BCUT2D eigenvalue weighted by molar-refractivity contribution is 5.93.